The number of benzene rings is 3. The number of amides is 2. The molecule has 0 aromatic heterocycles. The first-order valence-electron chi connectivity index (χ1n) is 11.5. The van der Waals surface area contributed by atoms with Crippen LogP contribution in [0.4, 0.5) is 11.4 Å². The number of hydrogen-bond donors (Lipinski definition) is 0. The van der Waals surface area contributed by atoms with Gasteiger partial charge in [0.05, 0.1) is 18.4 Å². The molecule has 0 bridgehead atoms. The molecule has 0 aliphatic carbocycles. The molecule has 2 heterocycles. The molecule has 0 saturated carbocycles. The standard InChI is InChI=1S/C28H27N3O3/c1-20-13-14-24(34-2)23(19-20)31-27(32)25(21-9-5-3-6-10-21)26(28(31)33)30-17-15-29(16-18-30)22-11-7-4-8-12-22/h3-14,19H,15-18H2,1-2H3. The summed E-state index contributed by atoms with van der Waals surface area (Å²) in [6.07, 6.45) is 0. The number of hydrogen-bond acceptors (Lipinski definition) is 5. The van der Waals surface area contributed by atoms with Gasteiger partial charge in [-0.1, -0.05) is 54.6 Å². The lowest BCUT2D eigenvalue weighted by molar-refractivity contribution is -0.120. The molecule has 1 saturated heterocycles. The second kappa shape index (κ2) is 9.06. The van der Waals surface area contributed by atoms with Gasteiger partial charge in [-0.3, -0.25) is 9.59 Å². The molecule has 0 radical (unpaired) electrons. The number of carbonyl (C=O) groups is 2. The molecular weight excluding hydrogens is 426 g/mol. The highest BCUT2D eigenvalue weighted by atomic mass is 16.5. The Bertz CT molecular complexity index is 1250. The Labute approximate surface area is 199 Å². The van der Waals surface area contributed by atoms with Crippen LogP contribution in [0.3, 0.4) is 0 Å². The van der Waals surface area contributed by atoms with Gasteiger partial charge in [0, 0.05) is 31.9 Å². The highest BCUT2D eigenvalue weighted by Crippen LogP contribution is 2.39. The van der Waals surface area contributed by atoms with Gasteiger partial charge in [0.2, 0.25) is 0 Å². The van der Waals surface area contributed by atoms with E-state index in [4.69, 9.17) is 4.74 Å². The van der Waals surface area contributed by atoms with Crippen LogP contribution in [-0.4, -0.2) is 50.0 Å². The SMILES string of the molecule is COc1ccc(C)cc1N1C(=O)C(c2ccccc2)=C(N2CCN(c3ccccc3)CC2)C1=O. The monoisotopic (exact) mass is 453 g/mol. The summed E-state index contributed by atoms with van der Waals surface area (Å²) in [7, 11) is 1.55. The molecule has 2 aliphatic heterocycles. The van der Waals surface area contributed by atoms with Gasteiger partial charge in [-0.25, -0.2) is 4.90 Å². The molecule has 5 rings (SSSR count). The number of imide groups is 1. The van der Waals surface area contributed by atoms with Crippen molar-refractivity contribution < 1.29 is 14.3 Å². The third-order valence-corrected chi connectivity index (χ3v) is 6.41. The highest BCUT2D eigenvalue weighted by Gasteiger charge is 2.44. The second-order valence-corrected chi connectivity index (χ2v) is 8.52. The van der Waals surface area contributed by atoms with Crippen molar-refractivity contribution in [3.05, 3.63) is 95.7 Å². The van der Waals surface area contributed by atoms with E-state index < -0.39 is 0 Å². The minimum Gasteiger partial charge on any atom is -0.495 e. The Balaban J connectivity index is 1.52. The number of anilines is 2. The summed E-state index contributed by atoms with van der Waals surface area (Å²) in [4.78, 5) is 33.3. The van der Waals surface area contributed by atoms with Crippen LogP contribution in [0.25, 0.3) is 5.57 Å². The highest BCUT2D eigenvalue weighted by molar-refractivity contribution is 6.45. The van der Waals surface area contributed by atoms with Crippen molar-refractivity contribution in [3.8, 4) is 5.75 Å². The number of ether oxygens (including phenoxy) is 1. The maximum absolute atomic E-state index is 13.9. The first-order valence-corrected chi connectivity index (χ1v) is 11.5. The summed E-state index contributed by atoms with van der Waals surface area (Å²) < 4.78 is 5.51. The van der Waals surface area contributed by atoms with Gasteiger partial charge in [-0.15, -0.1) is 0 Å². The predicted molar refractivity (Wildman–Crippen MR) is 134 cm³/mol. The summed E-state index contributed by atoms with van der Waals surface area (Å²) in [5.41, 5.74) is 4.25. The average molecular weight is 454 g/mol. The van der Waals surface area contributed by atoms with Crippen molar-refractivity contribution >= 4 is 28.8 Å². The molecule has 34 heavy (non-hydrogen) atoms. The van der Waals surface area contributed by atoms with Crippen LogP contribution in [0.2, 0.25) is 0 Å². The molecule has 6 heteroatoms. The minimum absolute atomic E-state index is 0.305. The molecule has 2 amide bonds. The minimum atomic E-state index is -0.319. The van der Waals surface area contributed by atoms with E-state index in [1.165, 1.54) is 10.6 Å². The lowest BCUT2D eigenvalue weighted by Gasteiger charge is -2.37. The molecule has 0 spiro atoms. The van der Waals surface area contributed by atoms with Crippen molar-refractivity contribution in [2.45, 2.75) is 6.92 Å². The van der Waals surface area contributed by atoms with E-state index in [2.05, 4.69) is 21.9 Å². The number of piperazine rings is 1. The quantitative estimate of drug-likeness (QED) is 0.544. The van der Waals surface area contributed by atoms with Crippen LogP contribution in [0.15, 0.2) is 84.6 Å². The van der Waals surface area contributed by atoms with Gasteiger partial charge >= 0.3 is 0 Å². The third kappa shape index (κ3) is 3.81. The number of rotatable bonds is 5. The van der Waals surface area contributed by atoms with Crippen molar-refractivity contribution in [3.63, 3.8) is 0 Å². The van der Waals surface area contributed by atoms with Crippen LogP contribution >= 0.6 is 0 Å². The van der Waals surface area contributed by atoms with Gasteiger partial charge in [0.25, 0.3) is 11.8 Å². The number of methoxy groups -OCH3 is 1. The fourth-order valence-electron chi connectivity index (χ4n) is 4.70. The largest absolute Gasteiger partial charge is 0.495 e. The molecule has 1 fully saturated rings. The Morgan fingerprint density at radius 1 is 0.735 bits per heavy atom. The summed E-state index contributed by atoms with van der Waals surface area (Å²) in [6, 6.07) is 25.3. The third-order valence-electron chi connectivity index (χ3n) is 6.41. The molecule has 0 N–H and O–H groups in total. The zero-order chi connectivity index (χ0) is 23.7. The van der Waals surface area contributed by atoms with Crippen LogP contribution in [0, 0.1) is 6.92 Å². The van der Waals surface area contributed by atoms with Gasteiger partial charge in [-0.05, 0) is 42.3 Å². The summed E-state index contributed by atoms with van der Waals surface area (Å²) in [5, 5.41) is 0. The van der Waals surface area contributed by atoms with Crippen LogP contribution in [0.1, 0.15) is 11.1 Å². The van der Waals surface area contributed by atoms with Crippen LogP contribution in [-0.2, 0) is 9.59 Å². The Hall–Kier alpha value is -4.06. The smallest absolute Gasteiger partial charge is 0.282 e. The lowest BCUT2D eigenvalue weighted by Crippen LogP contribution is -2.47. The zero-order valence-electron chi connectivity index (χ0n) is 19.4. The number of nitrogens with zero attached hydrogens (tertiary/aromatic N) is 3. The lowest BCUT2D eigenvalue weighted by atomic mass is 10.0. The van der Waals surface area contributed by atoms with E-state index in [1.807, 2.05) is 67.6 Å². The van der Waals surface area contributed by atoms with E-state index in [1.54, 1.807) is 13.2 Å². The van der Waals surface area contributed by atoms with E-state index in [-0.39, 0.29) is 11.8 Å². The second-order valence-electron chi connectivity index (χ2n) is 8.52. The van der Waals surface area contributed by atoms with Gasteiger partial charge in [0.15, 0.2) is 0 Å². The van der Waals surface area contributed by atoms with Crippen LogP contribution < -0.4 is 14.5 Å². The molecule has 3 aromatic carbocycles. The van der Waals surface area contributed by atoms with Crippen molar-refractivity contribution in [2.24, 2.45) is 0 Å². The van der Waals surface area contributed by atoms with E-state index >= 15 is 0 Å². The maximum atomic E-state index is 13.9. The molecule has 0 unspecified atom stereocenters. The molecule has 172 valence electrons. The Kier molecular flexibility index (Phi) is 5.80. The molecular formula is C28H27N3O3. The summed E-state index contributed by atoms with van der Waals surface area (Å²) >= 11 is 0. The molecule has 6 nitrogen and oxygen atoms in total. The Morgan fingerprint density at radius 2 is 1.35 bits per heavy atom. The number of aryl methyl sites for hydroxylation is 1. The van der Waals surface area contributed by atoms with E-state index in [9.17, 15) is 9.59 Å². The Morgan fingerprint density at radius 3 is 2.00 bits per heavy atom. The van der Waals surface area contributed by atoms with Crippen LogP contribution in [0.5, 0.6) is 5.75 Å². The fourth-order valence-corrected chi connectivity index (χ4v) is 4.70. The first kappa shape index (κ1) is 21.8. The zero-order valence-corrected chi connectivity index (χ0v) is 19.4. The first-order chi connectivity index (χ1) is 16.6. The number of para-hydroxylation sites is 1. The van der Waals surface area contributed by atoms with Crippen molar-refractivity contribution in [2.75, 3.05) is 43.1 Å². The molecule has 2 aliphatic rings. The van der Waals surface area contributed by atoms with E-state index in [0.717, 1.165) is 24.2 Å². The molecule has 0 atom stereocenters. The van der Waals surface area contributed by atoms with Crippen molar-refractivity contribution in [1.29, 1.82) is 0 Å². The topological polar surface area (TPSA) is 53.1 Å². The summed E-state index contributed by atoms with van der Waals surface area (Å²) in [5.74, 6) is -0.128. The summed E-state index contributed by atoms with van der Waals surface area (Å²) in [6.45, 7) is 4.77. The molecule has 3 aromatic rings. The van der Waals surface area contributed by atoms with Gasteiger partial charge in [-0.2, -0.15) is 0 Å². The van der Waals surface area contributed by atoms with E-state index in [0.29, 0.717) is 35.8 Å². The average Bonchev–Trinajstić information content (AvgIpc) is 3.14. The van der Waals surface area contributed by atoms with Gasteiger partial charge < -0.3 is 14.5 Å². The van der Waals surface area contributed by atoms with Crippen molar-refractivity contribution in [1.82, 2.24) is 4.90 Å². The maximum Gasteiger partial charge on any atom is 0.282 e. The van der Waals surface area contributed by atoms with Gasteiger partial charge in [0.1, 0.15) is 11.4 Å². The predicted octanol–water partition coefficient (Wildman–Crippen LogP) is 4.11. The normalized spacial score (nSPS) is 16.5. The fraction of sp³-hybridized carbons (Fsp3) is 0.214. The number of carbonyl (C=O) groups excluding carboxylic acids is 2.